The predicted molar refractivity (Wildman–Crippen MR) is 77.7 cm³/mol. The SMILES string of the molecule is CC(=O)O[C@H]1[C@H]2C(C)=CC(=O)C2=C(C)C[C@@H]2OC(=O)[C@H](C)[C@@H]12. The second-order valence-electron chi connectivity index (χ2n) is 6.54. The molecule has 1 fully saturated rings. The van der Waals surface area contributed by atoms with Crippen molar-refractivity contribution in [3.63, 3.8) is 0 Å². The van der Waals surface area contributed by atoms with Crippen molar-refractivity contribution >= 4 is 17.7 Å². The maximum absolute atomic E-state index is 12.3. The van der Waals surface area contributed by atoms with Crippen molar-refractivity contribution in [1.82, 2.24) is 0 Å². The summed E-state index contributed by atoms with van der Waals surface area (Å²) in [7, 11) is 0. The molecule has 5 nitrogen and oxygen atoms in total. The van der Waals surface area contributed by atoms with Crippen molar-refractivity contribution in [3.05, 3.63) is 22.8 Å². The molecule has 0 aromatic heterocycles. The van der Waals surface area contributed by atoms with Crippen molar-refractivity contribution in [2.75, 3.05) is 0 Å². The summed E-state index contributed by atoms with van der Waals surface area (Å²) in [6, 6.07) is 0. The Morgan fingerprint density at radius 3 is 2.64 bits per heavy atom. The molecule has 5 heteroatoms. The van der Waals surface area contributed by atoms with Gasteiger partial charge in [-0.05, 0) is 19.9 Å². The minimum absolute atomic E-state index is 0.0175. The minimum atomic E-state index is -0.529. The lowest BCUT2D eigenvalue weighted by Crippen LogP contribution is -2.39. The molecule has 5 atom stereocenters. The zero-order valence-electron chi connectivity index (χ0n) is 13.2. The molecule has 1 aliphatic heterocycles. The zero-order valence-corrected chi connectivity index (χ0v) is 13.2. The first-order valence-electron chi connectivity index (χ1n) is 7.61. The summed E-state index contributed by atoms with van der Waals surface area (Å²) < 4.78 is 11.1. The lowest BCUT2D eigenvalue weighted by Gasteiger charge is -2.31. The molecule has 1 saturated heterocycles. The molecule has 3 rings (SSSR count). The number of fused-ring (bicyclic) bond motifs is 2. The van der Waals surface area contributed by atoms with Crippen LogP contribution in [0.15, 0.2) is 22.8 Å². The summed E-state index contributed by atoms with van der Waals surface area (Å²) in [5, 5.41) is 0. The number of esters is 2. The van der Waals surface area contributed by atoms with E-state index in [0.717, 1.165) is 11.1 Å². The molecule has 0 amide bonds. The van der Waals surface area contributed by atoms with Gasteiger partial charge >= 0.3 is 11.9 Å². The molecule has 0 N–H and O–H groups in total. The van der Waals surface area contributed by atoms with Gasteiger partial charge < -0.3 is 9.47 Å². The van der Waals surface area contributed by atoms with E-state index >= 15 is 0 Å². The molecule has 0 spiro atoms. The fourth-order valence-electron chi connectivity index (χ4n) is 4.11. The first-order valence-corrected chi connectivity index (χ1v) is 7.61. The van der Waals surface area contributed by atoms with Gasteiger partial charge in [-0.3, -0.25) is 14.4 Å². The maximum Gasteiger partial charge on any atom is 0.309 e. The van der Waals surface area contributed by atoms with Crippen LogP contribution in [0.2, 0.25) is 0 Å². The van der Waals surface area contributed by atoms with E-state index in [0.29, 0.717) is 12.0 Å². The van der Waals surface area contributed by atoms with Gasteiger partial charge in [-0.2, -0.15) is 0 Å². The van der Waals surface area contributed by atoms with Gasteiger partial charge in [0.15, 0.2) is 5.78 Å². The molecule has 0 aromatic carbocycles. The van der Waals surface area contributed by atoms with Crippen molar-refractivity contribution < 1.29 is 23.9 Å². The molecule has 0 radical (unpaired) electrons. The zero-order chi connectivity index (χ0) is 16.2. The van der Waals surface area contributed by atoms with E-state index in [9.17, 15) is 14.4 Å². The van der Waals surface area contributed by atoms with Crippen molar-refractivity contribution in [3.8, 4) is 0 Å². The first-order chi connectivity index (χ1) is 10.3. The average Bonchev–Trinajstić information content (AvgIpc) is 2.80. The number of allylic oxidation sites excluding steroid dienone is 1. The Morgan fingerprint density at radius 2 is 2.00 bits per heavy atom. The molecule has 118 valence electrons. The van der Waals surface area contributed by atoms with Crippen LogP contribution in [0.3, 0.4) is 0 Å². The van der Waals surface area contributed by atoms with Crippen LogP contribution in [-0.4, -0.2) is 29.9 Å². The average molecular weight is 304 g/mol. The second-order valence-corrected chi connectivity index (χ2v) is 6.54. The summed E-state index contributed by atoms with van der Waals surface area (Å²) in [5.41, 5.74) is 2.52. The number of ether oxygens (including phenoxy) is 2. The van der Waals surface area contributed by atoms with Gasteiger partial charge in [-0.15, -0.1) is 0 Å². The van der Waals surface area contributed by atoms with E-state index < -0.39 is 12.1 Å². The highest BCUT2D eigenvalue weighted by atomic mass is 16.6. The van der Waals surface area contributed by atoms with Crippen molar-refractivity contribution in [2.24, 2.45) is 17.8 Å². The molecule has 0 aromatic rings. The van der Waals surface area contributed by atoms with E-state index in [1.807, 2.05) is 13.8 Å². The number of carbonyl (C=O) groups excluding carboxylic acids is 3. The highest BCUT2D eigenvalue weighted by Gasteiger charge is 2.54. The maximum atomic E-state index is 12.3. The quantitative estimate of drug-likeness (QED) is 0.693. The monoisotopic (exact) mass is 304 g/mol. The molecular weight excluding hydrogens is 284 g/mol. The van der Waals surface area contributed by atoms with Gasteiger partial charge in [-0.25, -0.2) is 0 Å². The third kappa shape index (κ3) is 2.11. The van der Waals surface area contributed by atoms with E-state index in [1.165, 1.54) is 6.92 Å². The van der Waals surface area contributed by atoms with Gasteiger partial charge in [0, 0.05) is 30.8 Å². The molecule has 1 heterocycles. The van der Waals surface area contributed by atoms with Gasteiger partial charge in [-0.1, -0.05) is 18.1 Å². The van der Waals surface area contributed by atoms with Crippen molar-refractivity contribution in [1.29, 1.82) is 0 Å². The van der Waals surface area contributed by atoms with Gasteiger partial charge in [0.05, 0.1) is 5.92 Å². The van der Waals surface area contributed by atoms with Crippen LogP contribution in [-0.2, 0) is 23.9 Å². The largest absolute Gasteiger partial charge is 0.461 e. The summed E-state index contributed by atoms with van der Waals surface area (Å²) >= 11 is 0. The normalized spacial score (nSPS) is 37.3. The van der Waals surface area contributed by atoms with E-state index in [-0.39, 0.29) is 35.6 Å². The molecule has 2 aliphatic carbocycles. The van der Waals surface area contributed by atoms with E-state index in [1.54, 1.807) is 13.0 Å². The Hall–Kier alpha value is -1.91. The summed E-state index contributed by atoms with van der Waals surface area (Å²) in [6.07, 6.45) is 1.28. The lowest BCUT2D eigenvalue weighted by molar-refractivity contribution is -0.152. The predicted octanol–water partition coefficient (Wildman–Crippen LogP) is 1.96. The Bertz CT molecular complexity index is 627. The van der Waals surface area contributed by atoms with Crippen LogP contribution in [0.1, 0.15) is 34.1 Å². The minimum Gasteiger partial charge on any atom is -0.461 e. The van der Waals surface area contributed by atoms with Crippen LogP contribution in [0.5, 0.6) is 0 Å². The molecule has 0 bridgehead atoms. The molecule has 3 aliphatic rings. The van der Waals surface area contributed by atoms with Crippen LogP contribution in [0.25, 0.3) is 0 Å². The lowest BCUT2D eigenvalue weighted by atomic mass is 9.79. The van der Waals surface area contributed by atoms with Crippen LogP contribution >= 0.6 is 0 Å². The number of ketones is 1. The summed E-state index contributed by atoms with van der Waals surface area (Å²) in [5.74, 6) is -1.50. The summed E-state index contributed by atoms with van der Waals surface area (Å²) in [4.78, 5) is 35.9. The topological polar surface area (TPSA) is 69.7 Å². The summed E-state index contributed by atoms with van der Waals surface area (Å²) in [6.45, 7) is 6.94. The molecule has 22 heavy (non-hydrogen) atoms. The number of carbonyl (C=O) groups is 3. The third-order valence-electron chi connectivity index (χ3n) is 5.05. The molecular formula is C17H20O5. The van der Waals surface area contributed by atoms with E-state index in [4.69, 9.17) is 9.47 Å². The smallest absolute Gasteiger partial charge is 0.309 e. The Kier molecular flexibility index (Phi) is 3.46. The first kappa shape index (κ1) is 15.0. The van der Waals surface area contributed by atoms with Gasteiger partial charge in [0.1, 0.15) is 12.2 Å². The fraction of sp³-hybridized carbons (Fsp3) is 0.588. The van der Waals surface area contributed by atoms with Crippen LogP contribution in [0, 0.1) is 17.8 Å². The number of hydrogen-bond acceptors (Lipinski definition) is 5. The van der Waals surface area contributed by atoms with Gasteiger partial charge in [0.25, 0.3) is 0 Å². The molecule has 0 saturated carbocycles. The number of rotatable bonds is 1. The Balaban J connectivity index is 2.11. The standard InChI is InChI=1S/C17H20O5/c1-7-5-11(19)13-8(2)6-12-15(9(3)17(20)22-12)16(14(7)13)21-10(4)18/h5,9,12,14-16H,6H2,1-4H3/t9-,12+,14+,15-,16+/m1/s1. The second kappa shape index (κ2) is 5.07. The van der Waals surface area contributed by atoms with E-state index in [2.05, 4.69) is 0 Å². The van der Waals surface area contributed by atoms with Crippen LogP contribution < -0.4 is 0 Å². The number of hydrogen-bond donors (Lipinski definition) is 0. The molecule has 0 unspecified atom stereocenters. The third-order valence-corrected chi connectivity index (χ3v) is 5.05. The Labute approximate surface area is 129 Å². The Morgan fingerprint density at radius 1 is 1.32 bits per heavy atom. The highest BCUT2D eigenvalue weighted by molar-refractivity contribution is 6.09. The van der Waals surface area contributed by atoms with Crippen LogP contribution in [0.4, 0.5) is 0 Å². The highest BCUT2D eigenvalue weighted by Crippen LogP contribution is 2.47. The fourth-order valence-corrected chi connectivity index (χ4v) is 4.11. The van der Waals surface area contributed by atoms with Crippen molar-refractivity contribution in [2.45, 2.75) is 46.3 Å². The van der Waals surface area contributed by atoms with Gasteiger partial charge in [0.2, 0.25) is 0 Å².